The van der Waals surface area contributed by atoms with Gasteiger partial charge in [0.2, 0.25) is 15.5 Å². The maximum Gasteiger partial charge on any atom is 0.256 e. The molecule has 2 aliphatic rings. The number of nitrogens with zero attached hydrogens (tertiary/aromatic N) is 1. The molecule has 4 rings (SSSR count). The van der Waals surface area contributed by atoms with Crippen molar-refractivity contribution in [2.24, 2.45) is 11.8 Å². The molecular weight excluding hydrogens is 414 g/mol. The number of carbonyl (C=O) groups is 1. The van der Waals surface area contributed by atoms with Crippen molar-refractivity contribution in [3.05, 3.63) is 40.2 Å². The SMILES string of the molecule is C[C@@H]1C[C@H](C)CN(S(=O)(=O)c2ccc3[nH]cc(C(=O)NC4CCCCC4)c(=O)c3c2)C1. The second-order valence-electron chi connectivity index (χ2n) is 9.32. The van der Waals surface area contributed by atoms with Crippen LogP contribution in [0.25, 0.3) is 10.9 Å². The molecule has 168 valence electrons. The number of rotatable bonds is 4. The van der Waals surface area contributed by atoms with Gasteiger partial charge in [0.05, 0.1) is 4.90 Å². The summed E-state index contributed by atoms with van der Waals surface area (Å²) in [4.78, 5) is 28.9. The van der Waals surface area contributed by atoms with E-state index in [2.05, 4.69) is 24.1 Å². The number of aromatic amines is 1. The van der Waals surface area contributed by atoms with Crippen molar-refractivity contribution >= 4 is 26.8 Å². The van der Waals surface area contributed by atoms with Gasteiger partial charge in [-0.15, -0.1) is 0 Å². The van der Waals surface area contributed by atoms with Gasteiger partial charge in [-0.3, -0.25) is 9.59 Å². The summed E-state index contributed by atoms with van der Waals surface area (Å²) in [6.07, 6.45) is 7.60. The van der Waals surface area contributed by atoms with Gasteiger partial charge in [-0.05, 0) is 49.3 Å². The monoisotopic (exact) mass is 445 g/mol. The quantitative estimate of drug-likeness (QED) is 0.754. The summed E-state index contributed by atoms with van der Waals surface area (Å²) in [6, 6.07) is 4.62. The van der Waals surface area contributed by atoms with E-state index in [-0.39, 0.29) is 33.7 Å². The Labute approximate surface area is 183 Å². The van der Waals surface area contributed by atoms with Crippen molar-refractivity contribution in [3.8, 4) is 0 Å². The second kappa shape index (κ2) is 8.74. The Balaban J connectivity index is 1.66. The van der Waals surface area contributed by atoms with E-state index in [1.165, 1.54) is 29.1 Å². The van der Waals surface area contributed by atoms with Crippen LogP contribution in [0.3, 0.4) is 0 Å². The van der Waals surface area contributed by atoms with E-state index in [0.29, 0.717) is 18.6 Å². The van der Waals surface area contributed by atoms with Gasteiger partial charge in [0, 0.05) is 36.2 Å². The highest BCUT2D eigenvalue weighted by Gasteiger charge is 2.32. The molecule has 2 N–H and O–H groups in total. The molecule has 1 amide bonds. The first-order chi connectivity index (χ1) is 14.8. The zero-order valence-electron chi connectivity index (χ0n) is 18.2. The standard InChI is InChI=1S/C23H31N3O4S/c1-15-10-16(2)14-26(13-15)31(29,30)18-8-9-21-19(11-18)22(27)20(12-24-21)23(28)25-17-6-4-3-5-7-17/h8-9,11-12,15-17H,3-7,10,13-14H2,1-2H3,(H,24,27)(H,25,28)/t15-,16+. The number of hydrogen-bond acceptors (Lipinski definition) is 4. The molecule has 2 fully saturated rings. The Bertz CT molecular complexity index is 1130. The van der Waals surface area contributed by atoms with E-state index >= 15 is 0 Å². The Morgan fingerprint density at radius 2 is 1.77 bits per heavy atom. The van der Waals surface area contributed by atoms with Crippen LogP contribution in [0, 0.1) is 11.8 Å². The van der Waals surface area contributed by atoms with Gasteiger partial charge < -0.3 is 10.3 Å². The van der Waals surface area contributed by atoms with Crippen LogP contribution < -0.4 is 10.7 Å². The third-order valence-corrected chi connectivity index (χ3v) is 8.34. The van der Waals surface area contributed by atoms with Gasteiger partial charge in [-0.25, -0.2) is 8.42 Å². The number of pyridine rings is 1. The zero-order chi connectivity index (χ0) is 22.2. The largest absolute Gasteiger partial charge is 0.360 e. The maximum atomic E-state index is 13.2. The predicted octanol–water partition coefficient (Wildman–Crippen LogP) is 3.26. The van der Waals surface area contributed by atoms with E-state index < -0.39 is 21.4 Å². The molecule has 0 spiro atoms. The van der Waals surface area contributed by atoms with Crippen LogP contribution in [0.4, 0.5) is 0 Å². The topological polar surface area (TPSA) is 99.3 Å². The Morgan fingerprint density at radius 3 is 2.45 bits per heavy atom. The van der Waals surface area contributed by atoms with Crippen LogP contribution in [0.1, 0.15) is 62.7 Å². The molecule has 2 heterocycles. The van der Waals surface area contributed by atoms with Gasteiger partial charge in [0.25, 0.3) is 5.91 Å². The fourth-order valence-corrected chi connectivity index (χ4v) is 6.69. The highest BCUT2D eigenvalue weighted by molar-refractivity contribution is 7.89. The summed E-state index contributed by atoms with van der Waals surface area (Å²) in [5.74, 6) is 0.178. The number of sulfonamides is 1. The number of piperidine rings is 1. The smallest absolute Gasteiger partial charge is 0.256 e. The lowest BCUT2D eigenvalue weighted by molar-refractivity contribution is 0.0926. The first-order valence-electron chi connectivity index (χ1n) is 11.2. The minimum Gasteiger partial charge on any atom is -0.360 e. The molecule has 1 aliphatic carbocycles. The number of carbonyl (C=O) groups excluding carboxylic acids is 1. The van der Waals surface area contributed by atoms with Crippen molar-refractivity contribution in [2.45, 2.75) is 63.3 Å². The number of H-pyrrole nitrogens is 1. The first-order valence-corrected chi connectivity index (χ1v) is 12.7. The van der Waals surface area contributed by atoms with E-state index in [0.717, 1.165) is 32.1 Å². The van der Waals surface area contributed by atoms with Crippen LogP contribution in [0.5, 0.6) is 0 Å². The molecule has 2 atom stereocenters. The molecule has 7 nitrogen and oxygen atoms in total. The first kappa shape index (κ1) is 22.0. The molecule has 0 bridgehead atoms. The third kappa shape index (κ3) is 4.55. The van der Waals surface area contributed by atoms with Crippen LogP contribution >= 0.6 is 0 Å². The lowest BCUT2D eigenvalue weighted by Crippen LogP contribution is -2.42. The van der Waals surface area contributed by atoms with Crippen LogP contribution in [-0.2, 0) is 10.0 Å². The number of fused-ring (bicyclic) bond motifs is 1. The predicted molar refractivity (Wildman–Crippen MR) is 121 cm³/mol. The molecule has 0 unspecified atom stereocenters. The van der Waals surface area contributed by atoms with Crippen molar-refractivity contribution < 1.29 is 13.2 Å². The fraction of sp³-hybridized carbons (Fsp3) is 0.565. The van der Waals surface area contributed by atoms with E-state index in [1.807, 2.05) is 0 Å². The van der Waals surface area contributed by atoms with Crippen LogP contribution in [0.2, 0.25) is 0 Å². The molecule has 1 aromatic heterocycles. The van der Waals surface area contributed by atoms with Crippen molar-refractivity contribution in [1.29, 1.82) is 0 Å². The normalized spacial score (nSPS) is 23.7. The van der Waals surface area contributed by atoms with Crippen molar-refractivity contribution in [2.75, 3.05) is 13.1 Å². The summed E-state index contributed by atoms with van der Waals surface area (Å²) < 4.78 is 28.0. The van der Waals surface area contributed by atoms with Gasteiger partial charge in [-0.2, -0.15) is 4.31 Å². The van der Waals surface area contributed by atoms with E-state index in [4.69, 9.17) is 0 Å². The summed E-state index contributed by atoms with van der Waals surface area (Å²) in [7, 11) is -3.71. The molecule has 1 aliphatic heterocycles. The summed E-state index contributed by atoms with van der Waals surface area (Å²) in [6.45, 7) is 5.07. The summed E-state index contributed by atoms with van der Waals surface area (Å²) in [5.41, 5.74) is 0.0888. The average Bonchev–Trinajstić information content (AvgIpc) is 2.73. The molecule has 1 saturated carbocycles. The second-order valence-corrected chi connectivity index (χ2v) is 11.3. The third-order valence-electron chi connectivity index (χ3n) is 6.51. The zero-order valence-corrected chi connectivity index (χ0v) is 19.0. The van der Waals surface area contributed by atoms with Crippen LogP contribution in [-0.4, -0.2) is 42.7 Å². The number of nitrogens with one attached hydrogen (secondary N) is 2. The number of benzene rings is 1. The van der Waals surface area contributed by atoms with Gasteiger partial charge >= 0.3 is 0 Å². The summed E-state index contributed by atoms with van der Waals surface area (Å²) in [5, 5.41) is 3.18. The summed E-state index contributed by atoms with van der Waals surface area (Å²) >= 11 is 0. The Morgan fingerprint density at radius 1 is 1.10 bits per heavy atom. The number of amides is 1. The molecule has 2 aromatic rings. The minimum absolute atomic E-state index is 0.0211. The van der Waals surface area contributed by atoms with Crippen LogP contribution in [0.15, 0.2) is 34.1 Å². The molecular formula is C23H31N3O4S. The van der Waals surface area contributed by atoms with Crippen molar-refractivity contribution in [3.63, 3.8) is 0 Å². The lowest BCUT2D eigenvalue weighted by atomic mass is 9.94. The van der Waals surface area contributed by atoms with E-state index in [9.17, 15) is 18.0 Å². The molecule has 1 saturated heterocycles. The van der Waals surface area contributed by atoms with E-state index in [1.54, 1.807) is 6.07 Å². The highest BCUT2D eigenvalue weighted by Crippen LogP contribution is 2.27. The van der Waals surface area contributed by atoms with Gasteiger partial charge in [0.15, 0.2) is 0 Å². The molecule has 0 radical (unpaired) electrons. The van der Waals surface area contributed by atoms with Gasteiger partial charge in [0.1, 0.15) is 5.56 Å². The fourth-order valence-electron chi connectivity index (χ4n) is 4.99. The Kier molecular flexibility index (Phi) is 6.21. The minimum atomic E-state index is -3.71. The lowest BCUT2D eigenvalue weighted by Gasteiger charge is -2.34. The Hall–Kier alpha value is -2.19. The van der Waals surface area contributed by atoms with Gasteiger partial charge in [-0.1, -0.05) is 33.1 Å². The maximum absolute atomic E-state index is 13.2. The number of aromatic nitrogens is 1. The van der Waals surface area contributed by atoms with Crippen molar-refractivity contribution in [1.82, 2.24) is 14.6 Å². The molecule has 8 heteroatoms. The molecule has 1 aromatic carbocycles. The average molecular weight is 446 g/mol. The molecule has 31 heavy (non-hydrogen) atoms. The number of hydrogen-bond donors (Lipinski definition) is 2. The highest BCUT2D eigenvalue weighted by atomic mass is 32.2.